The lowest BCUT2D eigenvalue weighted by Gasteiger charge is -2.06. The lowest BCUT2D eigenvalue weighted by Crippen LogP contribution is -2.15. The van der Waals surface area contributed by atoms with E-state index < -0.39 is 5.97 Å². The van der Waals surface area contributed by atoms with E-state index in [4.69, 9.17) is 10.00 Å². The van der Waals surface area contributed by atoms with E-state index in [2.05, 4.69) is 5.32 Å². The number of hydrogen-bond donors (Lipinski definition) is 1. The molecular formula is C13H14N2O3S. The van der Waals surface area contributed by atoms with Gasteiger partial charge in [-0.3, -0.25) is 4.79 Å². The molecular weight excluding hydrogens is 264 g/mol. The van der Waals surface area contributed by atoms with Gasteiger partial charge in [-0.05, 0) is 25.1 Å². The largest absolute Gasteiger partial charge is 0.462 e. The molecule has 0 spiro atoms. The molecule has 0 aliphatic rings. The fraction of sp³-hybridized carbons (Fsp3) is 0.308. The number of esters is 1. The normalized spacial score (nSPS) is 9.47. The number of hydrogen-bond acceptors (Lipinski definition) is 5. The van der Waals surface area contributed by atoms with Gasteiger partial charge in [0.15, 0.2) is 0 Å². The van der Waals surface area contributed by atoms with Crippen LogP contribution in [0.5, 0.6) is 0 Å². The first-order valence-corrected chi connectivity index (χ1v) is 6.84. The lowest BCUT2D eigenvalue weighted by atomic mass is 10.2. The van der Waals surface area contributed by atoms with Crippen LogP contribution in [0.15, 0.2) is 24.3 Å². The highest BCUT2D eigenvalue weighted by Crippen LogP contribution is 2.12. The van der Waals surface area contributed by atoms with Crippen LogP contribution in [0, 0.1) is 11.3 Å². The minimum Gasteiger partial charge on any atom is -0.462 e. The molecule has 1 rings (SSSR count). The van der Waals surface area contributed by atoms with Gasteiger partial charge in [0.1, 0.15) is 0 Å². The Labute approximate surface area is 115 Å². The summed E-state index contributed by atoms with van der Waals surface area (Å²) in [7, 11) is 0. The van der Waals surface area contributed by atoms with Gasteiger partial charge in [-0.2, -0.15) is 5.26 Å². The Hall–Kier alpha value is -2.00. The molecule has 0 fully saturated rings. The number of carbonyl (C=O) groups is 2. The third-order valence-corrected chi connectivity index (χ3v) is 2.86. The van der Waals surface area contributed by atoms with Crippen molar-refractivity contribution in [1.29, 1.82) is 5.26 Å². The predicted octanol–water partition coefficient (Wildman–Crippen LogP) is 2.06. The monoisotopic (exact) mass is 278 g/mol. The molecule has 1 N–H and O–H groups in total. The Balaban J connectivity index is 2.59. The van der Waals surface area contributed by atoms with E-state index in [0.717, 1.165) is 0 Å². The van der Waals surface area contributed by atoms with Crippen LogP contribution < -0.4 is 5.32 Å². The predicted molar refractivity (Wildman–Crippen MR) is 74.0 cm³/mol. The molecule has 0 unspecified atom stereocenters. The molecule has 19 heavy (non-hydrogen) atoms. The Morgan fingerprint density at radius 3 is 2.95 bits per heavy atom. The Kier molecular flexibility index (Phi) is 6.47. The van der Waals surface area contributed by atoms with E-state index >= 15 is 0 Å². The van der Waals surface area contributed by atoms with Crippen LogP contribution in [-0.2, 0) is 9.53 Å². The molecule has 5 nitrogen and oxygen atoms in total. The fourth-order valence-corrected chi connectivity index (χ4v) is 1.78. The summed E-state index contributed by atoms with van der Waals surface area (Å²) in [6.07, 6.45) is 0. The zero-order valence-corrected chi connectivity index (χ0v) is 11.3. The molecule has 100 valence electrons. The number of benzene rings is 1. The molecule has 0 bridgehead atoms. The maximum atomic E-state index is 11.5. The molecule has 0 radical (unpaired) electrons. The first kappa shape index (κ1) is 15.1. The number of anilines is 1. The van der Waals surface area contributed by atoms with Gasteiger partial charge in [0.05, 0.1) is 29.7 Å². The van der Waals surface area contributed by atoms with E-state index in [9.17, 15) is 9.59 Å². The van der Waals surface area contributed by atoms with Crippen molar-refractivity contribution in [2.24, 2.45) is 0 Å². The number of nitrogens with zero attached hydrogens (tertiary/aromatic N) is 1. The number of ether oxygens (including phenoxy) is 1. The molecule has 0 heterocycles. The van der Waals surface area contributed by atoms with Crippen LogP contribution in [0.1, 0.15) is 17.3 Å². The minimum absolute atomic E-state index is 0.206. The number of nitriles is 1. The van der Waals surface area contributed by atoms with Crippen molar-refractivity contribution < 1.29 is 14.3 Å². The smallest absolute Gasteiger partial charge is 0.338 e. The molecule has 1 aromatic rings. The van der Waals surface area contributed by atoms with Gasteiger partial charge in [-0.25, -0.2) is 4.79 Å². The maximum absolute atomic E-state index is 11.5. The second-order valence-electron chi connectivity index (χ2n) is 3.50. The molecule has 0 saturated heterocycles. The van der Waals surface area contributed by atoms with Gasteiger partial charge in [0.25, 0.3) is 0 Å². The van der Waals surface area contributed by atoms with Crippen LogP contribution >= 0.6 is 11.8 Å². The van der Waals surface area contributed by atoms with E-state index in [1.807, 2.05) is 6.07 Å². The van der Waals surface area contributed by atoms with Crippen molar-refractivity contribution in [2.45, 2.75) is 6.92 Å². The average molecular weight is 278 g/mol. The first-order chi connectivity index (χ1) is 9.17. The van der Waals surface area contributed by atoms with E-state index in [1.54, 1.807) is 31.2 Å². The number of rotatable bonds is 6. The summed E-state index contributed by atoms with van der Waals surface area (Å²) in [5.74, 6) is -0.147. The summed E-state index contributed by atoms with van der Waals surface area (Å²) >= 11 is 1.23. The topological polar surface area (TPSA) is 79.2 Å². The molecule has 6 heteroatoms. The zero-order chi connectivity index (χ0) is 14.1. The fourth-order valence-electron chi connectivity index (χ4n) is 1.32. The van der Waals surface area contributed by atoms with Gasteiger partial charge in [0, 0.05) is 5.69 Å². The molecule has 0 aliphatic carbocycles. The van der Waals surface area contributed by atoms with Crippen molar-refractivity contribution in [1.82, 2.24) is 0 Å². The second kappa shape index (κ2) is 8.16. The van der Waals surface area contributed by atoms with Gasteiger partial charge in [-0.15, -0.1) is 11.8 Å². The average Bonchev–Trinajstić information content (AvgIpc) is 2.39. The van der Waals surface area contributed by atoms with Gasteiger partial charge in [-0.1, -0.05) is 6.07 Å². The molecule has 1 aromatic carbocycles. The highest BCUT2D eigenvalue weighted by Gasteiger charge is 2.08. The molecule has 0 atom stereocenters. The van der Waals surface area contributed by atoms with Crippen LogP contribution in [0.3, 0.4) is 0 Å². The Bertz CT molecular complexity index is 497. The van der Waals surface area contributed by atoms with Crippen molar-refractivity contribution in [3.05, 3.63) is 29.8 Å². The van der Waals surface area contributed by atoms with E-state index in [0.29, 0.717) is 17.9 Å². The molecule has 0 aliphatic heterocycles. The van der Waals surface area contributed by atoms with Crippen LogP contribution in [0.25, 0.3) is 0 Å². The zero-order valence-electron chi connectivity index (χ0n) is 10.5. The Morgan fingerprint density at radius 1 is 1.47 bits per heavy atom. The standard InChI is InChI=1S/C13H14N2O3S/c1-2-18-13(17)10-4-3-5-11(8-10)15-12(16)9-19-7-6-14/h3-5,8H,2,7,9H2,1H3,(H,15,16). The van der Waals surface area contributed by atoms with Crippen LogP contribution in [0.2, 0.25) is 0 Å². The third kappa shape index (κ3) is 5.44. The first-order valence-electron chi connectivity index (χ1n) is 5.69. The molecule has 0 saturated carbocycles. The van der Waals surface area contributed by atoms with Crippen molar-refractivity contribution in [2.75, 3.05) is 23.4 Å². The number of nitrogens with one attached hydrogen (secondary N) is 1. The SMILES string of the molecule is CCOC(=O)c1cccc(NC(=O)CSCC#N)c1. The number of carbonyl (C=O) groups excluding carboxylic acids is 2. The highest BCUT2D eigenvalue weighted by atomic mass is 32.2. The van der Waals surface area contributed by atoms with E-state index in [1.165, 1.54) is 11.8 Å². The lowest BCUT2D eigenvalue weighted by molar-refractivity contribution is -0.113. The summed E-state index contributed by atoms with van der Waals surface area (Å²) in [5, 5.41) is 11.0. The summed E-state index contributed by atoms with van der Waals surface area (Å²) in [6.45, 7) is 2.04. The molecule has 1 amide bonds. The second-order valence-corrected chi connectivity index (χ2v) is 4.49. The van der Waals surface area contributed by atoms with Gasteiger partial charge in [0.2, 0.25) is 5.91 Å². The number of thioether (sulfide) groups is 1. The van der Waals surface area contributed by atoms with Gasteiger partial charge < -0.3 is 10.1 Å². The summed E-state index contributed by atoms with van der Waals surface area (Å²) in [5.41, 5.74) is 0.928. The third-order valence-electron chi connectivity index (χ3n) is 2.06. The molecule has 0 aromatic heterocycles. The van der Waals surface area contributed by atoms with Crippen molar-refractivity contribution in [3.63, 3.8) is 0 Å². The summed E-state index contributed by atoms with van der Waals surface area (Å²) in [6, 6.07) is 8.49. The minimum atomic E-state index is -0.419. The van der Waals surface area contributed by atoms with Gasteiger partial charge >= 0.3 is 5.97 Å². The highest BCUT2D eigenvalue weighted by molar-refractivity contribution is 8.00. The van der Waals surface area contributed by atoms with Crippen molar-refractivity contribution in [3.8, 4) is 6.07 Å². The Morgan fingerprint density at radius 2 is 2.26 bits per heavy atom. The summed E-state index contributed by atoms with van der Waals surface area (Å²) < 4.78 is 4.88. The number of amides is 1. The quantitative estimate of drug-likeness (QED) is 0.636. The van der Waals surface area contributed by atoms with Crippen LogP contribution in [0.4, 0.5) is 5.69 Å². The van der Waals surface area contributed by atoms with Crippen LogP contribution in [-0.4, -0.2) is 30.0 Å². The van der Waals surface area contributed by atoms with E-state index in [-0.39, 0.29) is 17.4 Å². The van der Waals surface area contributed by atoms with Crippen molar-refractivity contribution >= 4 is 29.3 Å². The summed E-state index contributed by atoms with van der Waals surface area (Å²) in [4.78, 5) is 23.1. The maximum Gasteiger partial charge on any atom is 0.338 e.